The van der Waals surface area contributed by atoms with Gasteiger partial charge in [-0.3, -0.25) is 0 Å². The number of nitrogens with one attached hydrogen (secondary N) is 1. The number of carbonyl (C=O) groups excluding carboxylic acids is 1. The Morgan fingerprint density at radius 1 is 1.28 bits per heavy atom. The molecule has 0 amide bonds. The van der Waals surface area contributed by atoms with Gasteiger partial charge in [0.15, 0.2) is 0 Å². The van der Waals surface area contributed by atoms with Crippen LogP contribution in [0.25, 0.3) is 0 Å². The molecule has 0 aliphatic carbocycles. The molecule has 2 aromatic rings. The Bertz CT molecular complexity index is 714. The molecule has 1 unspecified atom stereocenters. The van der Waals surface area contributed by atoms with Gasteiger partial charge in [0.25, 0.3) is 0 Å². The van der Waals surface area contributed by atoms with Gasteiger partial charge in [-0.1, -0.05) is 30.3 Å². The van der Waals surface area contributed by atoms with E-state index in [0.29, 0.717) is 18.5 Å². The third-order valence-electron chi connectivity index (χ3n) is 3.59. The van der Waals surface area contributed by atoms with E-state index >= 15 is 0 Å². The van der Waals surface area contributed by atoms with E-state index in [-0.39, 0.29) is 6.61 Å². The molecule has 2 rings (SSSR count). The molecule has 0 bridgehead atoms. The molecule has 0 aliphatic rings. The van der Waals surface area contributed by atoms with Crippen LogP contribution in [0.4, 0.5) is 5.69 Å². The molecule has 132 valence electrons. The van der Waals surface area contributed by atoms with Crippen molar-refractivity contribution in [3.05, 3.63) is 72.3 Å². The van der Waals surface area contributed by atoms with Gasteiger partial charge in [0, 0.05) is 12.2 Å². The molecule has 0 saturated heterocycles. The van der Waals surface area contributed by atoms with Crippen LogP contribution in [0.1, 0.15) is 15.9 Å². The van der Waals surface area contributed by atoms with Crippen LogP contribution < -0.4 is 10.1 Å². The number of benzene rings is 2. The Hall–Kier alpha value is -2.79. The van der Waals surface area contributed by atoms with Gasteiger partial charge in [0.05, 0.1) is 12.7 Å². The van der Waals surface area contributed by atoms with Crippen molar-refractivity contribution in [2.45, 2.75) is 12.5 Å². The lowest BCUT2D eigenvalue weighted by Gasteiger charge is -2.16. The Morgan fingerprint density at radius 3 is 2.84 bits per heavy atom. The van der Waals surface area contributed by atoms with E-state index in [4.69, 9.17) is 9.47 Å². The fourth-order valence-electron chi connectivity index (χ4n) is 2.32. The minimum atomic E-state index is -0.696. The van der Waals surface area contributed by atoms with Crippen LogP contribution in [-0.4, -0.2) is 37.4 Å². The van der Waals surface area contributed by atoms with E-state index in [1.54, 1.807) is 18.2 Å². The quantitative estimate of drug-likeness (QED) is 0.542. The molecule has 25 heavy (non-hydrogen) atoms. The van der Waals surface area contributed by atoms with E-state index in [0.717, 1.165) is 17.0 Å². The fraction of sp³-hybridized carbons (Fsp3) is 0.250. The second-order valence-electron chi connectivity index (χ2n) is 5.52. The largest absolute Gasteiger partial charge is 0.491 e. The van der Waals surface area contributed by atoms with Crippen LogP contribution in [-0.2, 0) is 11.2 Å². The highest BCUT2D eigenvalue weighted by Gasteiger charge is 2.09. The SMILES string of the molecule is C=CCc1ccccc1OCC(O)CNc1cccc(C(=O)OC)c1. The standard InChI is InChI=1S/C20H23NO4/c1-3-7-15-8-4-5-11-19(15)25-14-18(22)13-21-17-10-6-9-16(12-17)20(23)24-2/h3-6,8-12,18,21-22H,1,7,13-14H2,2H3. The lowest BCUT2D eigenvalue weighted by molar-refractivity contribution is 0.0601. The van der Waals surface area contributed by atoms with Crippen molar-refractivity contribution < 1.29 is 19.4 Å². The Morgan fingerprint density at radius 2 is 2.08 bits per heavy atom. The summed E-state index contributed by atoms with van der Waals surface area (Å²) >= 11 is 0. The minimum Gasteiger partial charge on any atom is -0.491 e. The minimum absolute atomic E-state index is 0.165. The lowest BCUT2D eigenvalue weighted by Crippen LogP contribution is -2.26. The van der Waals surface area contributed by atoms with E-state index in [1.807, 2.05) is 36.4 Å². The fourth-order valence-corrected chi connectivity index (χ4v) is 2.32. The van der Waals surface area contributed by atoms with E-state index in [2.05, 4.69) is 11.9 Å². The van der Waals surface area contributed by atoms with Gasteiger partial charge in [0.2, 0.25) is 0 Å². The smallest absolute Gasteiger partial charge is 0.337 e. The summed E-state index contributed by atoms with van der Waals surface area (Å²) in [7, 11) is 1.34. The van der Waals surface area contributed by atoms with Crippen molar-refractivity contribution in [1.82, 2.24) is 0 Å². The van der Waals surface area contributed by atoms with Gasteiger partial charge in [-0.05, 0) is 36.2 Å². The zero-order valence-electron chi connectivity index (χ0n) is 14.3. The number of hydrogen-bond donors (Lipinski definition) is 2. The molecular formula is C20H23NO4. The predicted molar refractivity (Wildman–Crippen MR) is 98.1 cm³/mol. The molecule has 0 saturated carbocycles. The number of anilines is 1. The van der Waals surface area contributed by atoms with Crippen molar-refractivity contribution in [3.8, 4) is 5.75 Å². The maximum Gasteiger partial charge on any atom is 0.337 e. The van der Waals surface area contributed by atoms with Crippen molar-refractivity contribution in [3.63, 3.8) is 0 Å². The van der Waals surface area contributed by atoms with Crippen LogP contribution in [0, 0.1) is 0 Å². The number of para-hydroxylation sites is 1. The third-order valence-corrected chi connectivity index (χ3v) is 3.59. The number of esters is 1. The molecule has 5 heteroatoms. The molecule has 2 N–H and O–H groups in total. The summed E-state index contributed by atoms with van der Waals surface area (Å²) < 4.78 is 10.4. The molecule has 2 aromatic carbocycles. The number of rotatable bonds is 9. The van der Waals surface area contributed by atoms with E-state index in [1.165, 1.54) is 7.11 Å². The molecule has 0 fully saturated rings. The summed E-state index contributed by atoms with van der Waals surface area (Å²) in [5.74, 6) is 0.348. The Kier molecular flexibility index (Phi) is 7.04. The molecule has 0 heterocycles. The first-order valence-electron chi connectivity index (χ1n) is 8.06. The Balaban J connectivity index is 1.86. The molecule has 0 radical (unpaired) electrons. The number of aliphatic hydroxyl groups is 1. The maximum absolute atomic E-state index is 11.5. The average Bonchev–Trinajstić information content (AvgIpc) is 2.65. The topological polar surface area (TPSA) is 67.8 Å². The maximum atomic E-state index is 11.5. The number of methoxy groups -OCH3 is 1. The second kappa shape index (κ2) is 9.49. The number of hydrogen-bond acceptors (Lipinski definition) is 5. The second-order valence-corrected chi connectivity index (χ2v) is 5.52. The summed E-state index contributed by atoms with van der Waals surface area (Å²) in [4.78, 5) is 11.5. The third kappa shape index (κ3) is 5.65. The highest BCUT2D eigenvalue weighted by molar-refractivity contribution is 5.90. The summed E-state index contributed by atoms with van der Waals surface area (Å²) in [5, 5.41) is 13.2. The monoisotopic (exact) mass is 341 g/mol. The molecule has 1 atom stereocenters. The van der Waals surface area contributed by atoms with Crippen LogP contribution in [0.15, 0.2) is 61.2 Å². The normalized spacial score (nSPS) is 11.4. The number of allylic oxidation sites excluding steroid dienone is 1. The van der Waals surface area contributed by atoms with Gasteiger partial charge in [-0.25, -0.2) is 4.79 Å². The van der Waals surface area contributed by atoms with E-state index in [9.17, 15) is 9.90 Å². The van der Waals surface area contributed by atoms with Crippen molar-refractivity contribution in [1.29, 1.82) is 0 Å². The highest BCUT2D eigenvalue weighted by atomic mass is 16.5. The van der Waals surface area contributed by atoms with Crippen LogP contribution in [0.2, 0.25) is 0 Å². The van der Waals surface area contributed by atoms with Gasteiger partial charge in [0.1, 0.15) is 18.5 Å². The summed E-state index contributed by atoms with van der Waals surface area (Å²) in [6.07, 6.45) is 1.83. The molecule has 0 spiro atoms. The number of carbonyl (C=O) groups is 1. The average molecular weight is 341 g/mol. The van der Waals surface area contributed by atoms with Crippen LogP contribution in [0.3, 0.4) is 0 Å². The zero-order valence-corrected chi connectivity index (χ0v) is 14.3. The van der Waals surface area contributed by atoms with Gasteiger partial charge < -0.3 is 19.9 Å². The van der Waals surface area contributed by atoms with Gasteiger partial charge in [-0.2, -0.15) is 0 Å². The first kappa shape index (κ1) is 18.5. The predicted octanol–water partition coefficient (Wildman–Crippen LogP) is 3.05. The van der Waals surface area contributed by atoms with Crippen molar-refractivity contribution in [2.75, 3.05) is 25.6 Å². The first-order chi connectivity index (χ1) is 12.1. The van der Waals surface area contributed by atoms with Crippen molar-refractivity contribution in [2.24, 2.45) is 0 Å². The molecule has 0 aromatic heterocycles. The van der Waals surface area contributed by atoms with E-state index < -0.39 is 12.1 Å². The summed E-state index contributed by atoms with van der Waals surface area (Å²) in [6, 6.07) is 14.6. The first-order valence-corrected chi connectivity index (χ1v) is 8.06. The van der Waals surface area contributed by atoms with Crippen molar-refractivity contribution >= 4 is 11.7 Å². The molecule has 5 nitrogen and oxygen atoms in total. The highest BCUT2D eigenvalue weighted by Crippen LogP contribution is 2.19. The van der Waals surface area contributed by atoms with Crippen LogP contribution >= 0.6 is 0 Å². The summed E-state index contributed by atoms with van der Waals surface area (Å²) in [5.41, 5.74) is 2.22. The lowest BCUT2D eigenvalue weighted by atomic mass is 10.1. The van der Waals surface area contributed by atoms with Crippen LogP contribution in [0.5, 0.6) is 5.75 Å². The number of ether oxygens (including phenoxy) is 2. The Labute approximate surface area is 147 Å². The molecule has 0 aliphatic heterocycles. The number of aliphatic hydroxyl groups excluding tert-OH is 1. The van der Waals surface area contributed by atoms with Gasteiger partial charge >= 0.3 is 5.97 Å². The zero-order chi connectivity index (χ0) is 18.1. The summed E-state index contributed by atoms with van der Waals surface area (Å²) in [6.45, 7) is 4.20. The molecular weight excluding hydrogens is 318 g/mol. The van der Waals surface area contributed by atoms with Gasteiger partial charge in [-0.15, -0.1) is 6.58 Å².